The molecule has 0 atom stereocenters. The molecule has 0 spiro atoms. The van der Waals surface area contributed by atoms with E-state index in [0.29, 0.717) is 6.54 Å². The lowest BCUT2D eigenvalue weighted by atomic mass is 10.2. The van der Waals surface area contributed by atoms with Gasteiger partial charge in [-0.25, -0.2) is 0 Å². The Morgan fingerprint density at radius 3 is 2.14 bits per heavy atom. The standard InChI is InChI=1S/C11H19N3/c1-2-8-13-10-5-3-4-6-11(10)14-9-7-12/h3-6,13-14H,2,7-9,12H2,1H3. The van der Waals surface area contributed by atoms with E-state index in [1.165, 1.54) is 0 Å². The molecule has 0 amide bonds. The van der Waals surface area contributed by atoms with Crippen LogP contribution in [0.15, 0.2) is 24.3 Å². The fraction of sp³-hybridized carbons (Fsp3) is 0.455. The molecular weight excluding hydrogens is 174 g/mol. The van der Waals surface area contributed by atoms with Gasteiger partial charge in [-0.05, 0) is 18.6 Å². The zero-order chi connectivity index (χ0) is 10.2. The highest BCUT2D eigenvalue weighted by molar-refractivity contribution is 5.68. The number of para-hydroxylation sites is 2. The van der Waals surface area contributed by atoms with Gasteiger partial charge in [0, 0.05) is 19.6 Å². The molecule has 0 heterocycles. The predicted molar refractivity (Wildman–Crippen MR) is 62.8 cm³/mol. The van der Waals surface area contributed by atoms with Crippen molar-refractivity contribution in [1.82, 2.24) is 0 Å². The molecule has 4 N–H and O–H groups in total. The number of benzene rings is 1. The Morgan fingerprint density at radius 1 is 1.07 bits per heavy atom. The van der Waals surface area contributed by atoms with Crippen molar-refractivity contribution in [1.29, 1.82) is 0 Å². The van der Waals surface area contributed by atoms with Crippen LogP contribution in [0.4, 0.5) is 11.4 Å². The first-order chi connectivity index (χ1) is 6.88. The fourth-order valence-corrected chi connectivity index (χ4v) is 1.26. The number of hydrogen-bond acceptors (Lipinski definition) is 3. The van der Waals surface area contributed by atoms with Crippen LogP contribution < -0.4 is 16.4 Å². The van der Waals surface area contributed by atoms with Gasteiger partial charge < -0.3 is 16.4 Å². The van der Waals surface area contributed by atoms with Gasteiger partial charge in [0.15, 0.2) is 0 Å². The summed E-state index contributed by atoms with van der Waals surface area (Å²) in [7, 11) is 0. The topological polar surface area (TPSA) is 50.1 Å². The van der Waals surface area contributed by atoms with E-state index in [1.54, 1.807) is 0 Å². The van der Waals surface area contributed by atoms with Crippen LogP contribution in [-0.4, -0.2) is 19.6 Å². The Bertz CT molecular complexity index is 233. The Hall–Kier alpha value is -1.22. The molecule has 1 aromatic carbocycles. The summed E-state index contributed by atoms with van der Waals surface area (Å²) in [6.45, 7) is 4.62. The first kappa shape index (κ1) is 10.9. The zero-order valence-corrected chi connectivity index (χ0v) is 8.72. The van der Waals surface area contributed by atoms with Crippen LogP contribution in [-0.2, 0) is 0 Å². The summed E-state index contributed by atoms with van der Waals surface area (Å²) >= 11 is 0. The summed E-state index contributed by atoms with van der Waals surface area (Å²) in [6, 6.07) is 8.20. The summed E-state index contributed by atoms with van der Waals surface area (Å²) < 4.78 is 0. The first-order valence-corrected chi connectivity index (χ1v) is 5.15. The minimum Gasteiger partial charge on any atom is -0.383 e. The summed E-state index contributed by atoms with van der Waals surface area (Å²) in [6.07, 6.45) is 1.13. The Morgan fingerprint density at radius 2 is 1.64 bits per heavy atom. The molecular formula is C11H19N3. The van der Waals surface area contributed by atoms with E-state index < -0.39 is 0 Å². The number of nitrogens with one attached hydrogen (secondary N) is 2. The summed E-state index contributed by atoms with van der Waals surface area (Å²) in [4.78, 5) is 0. The van der Waals surface area contributed by atoms with Crippen LogP contribution >= 0.6 is 0 Å². The molecule has 0 bridgehead atoms. The second-order valence-electron chi connectivity index (χ2n) is 3.19. The van der Waals surface area contributed by atoms with Gasteiger partial charge in [-0.1, -0.05) is 19.1 Å². The van der Waals surface area contributed by atoms with Crippen LogP contribution in [0, 0.1) is 0 Å². The molecule has 14 heavy (non-hydrogen) atoms. The normalized spacial score (nSPS) is 9.86. The molecule has 1 aromatic rings. The molecule has 0 aliphatic heterocycles. The van der Waals surface area contributed by atoms with Crippen molar-refractivity contribution in [2.45, 2.75) is 13.3 Å². The third-order valence-corrected chi connectivity index (χ3v) is 1.95. The number of rotatable bonds is 6. The number of hydrogen-bond donors (Lipinski definition) is 3. The third-order valence-electron chi connectivity index (χ3n) is 1.95. The molecule has 0 saturated carbocycles. The van der Waals surface area contributed by atoms with Gasteiger partial charge in [-0.2, -0.15) is 0 Å². The maximum atomic E-state index is 5.44. The van der Waals surface area contributed by atoms with Crippen LogP contribution in [0.5, 0.6) is 0 Å². The van der Waals surface area contributed by atoms with Gasteiger partial charge in [0.05, 0.1) is 11.4 Å². The Labute approximate surface area is 85.7 Å². The van der Waals surface area contributed by atoms with Crippen LogP contribution in [0.25, 0.3) is 0 Å². The van der Waals surface area contributed by atoms with Crippen molar-refractivity contribution in [2.24, 2.45) is 5.73 Å². The molecule has 0 unspecified atom stereocenters. The van der Waals surface area contributed by atoms with Gasteiger partial charge in [-0.15, -0.1) is 0 Å². The molecule has 0 aliphatic carbocycles. The molecule has 0 radical (unpaired) electrons. The Balaban J connectivity index is 2.60. The largest absolute Gasteiger partial charge is 0.383 e. The van der Waals surface area contributed by atoms with Crippen LogP contribution in [0.3, 0.4) is 0 Å². The summed E-state index contributed by atoms with van der Waals surface area (Å²) in [5.74, 6) is 0. The van der Waals surface area contributed by atoms with Gasteiger partial charge in [0.1, 0.15) is 0 Å². The lowest BCUT2D eigenvalue weighted by molar-refractivity contribution is 0.976. The van der Waals surface area contributed by atoms with Crippen LogP contribution in [0.1, 0.15) is 13.3 Å². The minimum absolute atomic E-state index is 0.655. The van der Waals surface area contributed by atoms with E-state index in [4.69, 9.17) is 5.73 Å². The molecule has 0 aliphatic rings. The highest BCUT2D eigenvalue weighted by Crippen LogP contribution is 2.20. The highest BCUT2D eigenvalue weighted by atomic mass is 15.0. The minimum atomic E-state index is 0.655. The summed E-state index contributed by atoms with van der Waals surface area (Å²) in [5, 5.41) is 6.65. The highest BCUT2D eigenvalue weighted by Gasteiger charge is 1.98. The molecule has 0 aromatic heterocycles. The van der Waals surface area contributed by atoms with E-state index in [2.05, 4.69) is 29.7 Å². The fourth-order valence-electron chi connectivity index (χ4n) is 1.26. The second kappa shape index (κ2) is 6.27. The second-order valence-corrected chi connectivity index (χ2v) is 3.19. The van der Waals surface area contributed by atoms with Crippen LogP contribution in [0.2, 0.25) is 0 Å². The van der Waals surface area contributed by atoms with Gasteiger partial charge in [0.2, 0.25) is 0 Å². The lowest BCUT2D eigenvalue weighted by Gasteiger charge is -2.12. The van der Waals surface area contributed by atoms with Crippen molar-refractivity contribution in [2.75, 3.05) is 30.3 Å². The monoisotopic (exact) mass is 193 g/mol. The molecule has 0 fully saturated rings. The molecule has 78 valence electrons. The summed E-state index contributed by atoms with van der Waals surface area (Å²) in [5.41, 5.74) is 7.73. The van der Waals surface area contributed by atoms with Crippen molar-refractivity contribution >= 4 is 11.4 Å². The maximum Gasteiger partial charge on any atom is 0.0576 e. The Kier molecular flexibility index (Phi) is 4.86. The average Bonchev–Trinajstić information content (AvgIpc) is 2.24. The van der Waals surface area contributed by atoms with Crippen molar-refractivity contribution < 1.29 is 0 Å². The van der Waals surface area contributed by atoms with Gasteiger partial charge in [0.25, 0.3) is 0 Å². The SMILES string of the molecule is CCCNc1ccccc1NCCN. The zero-order valence-electron chi connectivity index (χ0n) is 8.72. The van der Waals surface area contributed by atoms with Crippen molar-refractivity contribution in [3.63, 3.8) is 0 Å². The first-order valence-electron chi connectivity index (χ1n) is 5.15. The predicted octanol–water partition coefficient (Wildman–Crippen LogP) is 1.88. The molecule has 3 nitrogen and oxygen atoms in total. The van der Waals surface area contributed by atoms with Crippen molar-refractivity contribution in [3.05, 3.63) is 24.3 Å². The van der Waals surface area contributed by atoms with E-state index in [1.807, 2.05) is 12.1 Å². The van der Waals surface area contributed by atoms with E-state index >= 15 is 0 Å². The number of anilines is 2. The maximum absolute atomic E-state index is 5.44. The van der Waals surface area contributed by atoms with E-state index in [-0.39, 0.29) is 0 Å². The smallest absolute Gasteiger partial charge is 0.0576 e. The van der Waals surface area contributed by atoms with E-state index in [9.17, 15) is 0 Å². The van der Waals surface area contributed by atoms with Gasteiger partial charge >= 0.3 is 0 Å². The molecule has 3 heteroatoms. The lowest BCUT2D eigenvalue weighted by Crippen LogP contribution is -2.14. The molecule has 0 saturated heterocycles. The van der Waals surface area contributed by atoms with Gasteiger partial charge in [-0.3, -0.25) is 0 Å². The average molecular weight is 193 g/mol. The third kappa shape index (κ3) is 3.26. The van der Waals surface area contributed by atoms with Crippen molar-refractivity contribution in [3.8, 4) is 0 Å². The quantitative estimate of drug-likeness (QED) is 0.646. The van der Waals surface area contributed by atoms with E-state index in [0.717, 1.165) is 30.9 Å². The molecule has 1 rings (SSSR count). The number of nitrogens with two attached hydrogens (primary N) is 1.